The van der Waals surface area contributed by atoms with E-state index in [4.69, 9.17) is 15.0 Å². The topological polar surface area (TPSA) is 48.5 Å². The van der Waals surface area contributed by atoms with Gasteiger partial charge in [-0.1, -0.05) is 146 Å². The van der Waals surface area contributed by atoms with Crippen molar-refractivity contribution in [2.75, 3.05) is 0 Å². The van der Waals surface area contributed by atoms with Crippen molar-refractivity contribution in [1.82, 2.24) is 24.1 Å². The van der Waals surface area contributed by atoms with Gasteiger partial charge in [-0.2, -0.15) is 9.97 Å². The average Bonchev–Trinajstić information content (AvgIpc) is 3.76. The third-order valence-corrected chi connectivity index (χ3v) is 10.6. The molecular formula is C49H31N5. The van der Waals surface area contributed by atoms with Gasteiger partial charge < -0.3 is 4.57 Å². The summed E-state index contributed by atoms with van der Waals surface area (Å²) in [6, 6.07) is 66.1. The monoisotopic (exact) mass is 689 g/mol. The van der Waals surface area contributed by atoms with Crippen LogP contribution < -0.4 is 0 Å². The molecule has 11 rings (SSSR count). The number of nitrogens with zero attached hydrogens (tertiary/aromatic N) is 5. The predicted octanol–water partition coefficient (Wildman–Crippen LogP) is 12.2. The van der Waals surface area contributed by atoms with Gasteiger partial charge in [-0.3, -0.25) is 4.57 Å². The van der Waals surface area contributed by atoms with Crippen molar-refractivity contribution in [3.63, 3.8) is 0 Å². The van der Waals surface area contributed by atoms with Crippen LogP contribution in [0.15, 0.2) is 188 Å². The highest BCUT2D eigenvalue weighted by molar-refractivity contribution is 6.11. The molecule has 0 radical (unpaired) electrons. The minimum absolute atomic E-state index is 0.568. The Hall–Kier alpha value is -7.37. The summed E-state index contributed by atoms with van der Waals surface area (Å²) in [6.07, 6.45) is 0. The van der Waals surface area contributed by atoms with Gasteiger partial charge in [0.05, 0.1) is 27.8 Å². The summed E-state index contributed by atoms with van der Waals surface area (Å²) in [5.74, 6) is 1.79. The molecule has 0 spiro atoms. The summed E-state index contributed by atoms with van der Waals surface area (Å²) < 4.78 is 4.54. The van der Waals surface area contributed by atoms with Crippen LogP contribution in [0, 0.1) is 0 Å². The first-order valence-electron chi connectivity index (χ1n) is 18.2. The largest absolute Gasteiger partial charge is 0.309 e. The molecule has 0 aliphatic rings. The van der Waals surface area contributed by atoms with Crippen LogP contribution in [0.25, 0.3) is 99.9 Å². The second kappa shape index (κ2) is 12.1. The molecule has 0 saturated carbocycles. The Morgan fingerprint density at radius 3 is 1.57 bits per heavy atom. The van der Waals surface area contributed by atoms with E-state index in [1.807, 2.05) is 0 Å². The molecule has 0 N–H and O–H groups in total. The lowest BCUT2D eigenvalue weighted by atomic mass is 10.0. The molecule has 0 amide bonds. The Kier molecular flexibility index (Phi) is 6.79. The van der Waals surface area contributed by atoms with Gasteiger partial charge in [0.15, 0.2) is 11.6 Å². The fourth-order valence-electron chi connectivity index (χ4n) is 8.16. The lowest BCUT2D eigenvalue weighted by molar-refractivity contribution is 0.952. The van der Waals surface area contributed by atoms with Crippen LogP contribution in [-0.2, 0) is 0 Å². The van der Waals surface area contributed by atoms with E-state index < -0.39 is 0 Å². The van der Waals surface area contributed by atoms with Crippen molar-refractivity contribution in [3.8, 4) is 45.5 Å². The van der Waals surface area contributed by atoms with Gasteiger partial charge in [0.25, 0.3) is 0 Å². The van der Waals surface area contributed by atoms with Gasteiger partial charge in [-0.25, -0.2) is 4.98 Å². The molecule has 54 heavy (non-hydrogen) atoms. The van der Waals surface area contributed by atoms with Crippen molar-refractivity contribution in [3.05, 3.63) is 188 Å². The number of hydrogen-bond acceptors (Lipinski definition) is 3. The molecule has 0 fully saturated rings. The molecule has 0 aliphatic carbocycles. The molecular weight excluding hydrogens is 659 g/mol. The van der Waals surface area contributed by atoms with E-state index in [2.05, 4.69) is 197 Å². The van der Waals surface area contributed by atoms with Crippen LogP contribution in [-0.4, -0.2) is 24.1 Å². The van der Waals surface area contributed by atoms with Gasteiger partial charge >= 0.3 is 0 Å². The molecule has 11 aromatic rings. The van der Waals surface area contributed by atoms with E-state index >= 15 is 0 Å². The van der Waals surface area contributed by atoms with Crippen LogP contribution in [0.5, 0.6) is 0 Å². The first-order chi connectivity index (χ1) is 26.8. The van der Waals surface area contributed by atoms with Gasteiger partial charge in [0, 0.05) is 32.7 Å². The zero-order chi connectivity index (χ0) is 35.6. The van der Waals surface area contributed by atoms with Crippen molar-refractivity contribution in [1.29, 1.82) is 0 Å². The molecule has 0 bridgehead atoms. The van der Waals surface area contributed by atoms with Crippen molar-refractivity contribution >= 4 is 54.4 Å². The Bertz CT molecular complexity index is 3170. The highest BCUT2D eigenvalue weighted by Gasteiger charge is 2.22. The SMILES string of the molecule is c1ccc(-c2ccc3c(c2)c2ccccc2n3-c2nc(-c3ccccc3-n3c4ccccc4c4ccccc43)nc(-c3cccc4ccccc34)n2)cc1. The van der Waals surface area contributed by atoms with Gasteiger partial charge in [-0.15, -0.1) is 0 Å². The van der Waals surface area contributed by atoms with Gasteiger partial charge in [0.1, 0.15) is 0 Å². The number of aromatic nitrogens is 5. The lowest BCUT2D eigenvalue weighted by Crippen LogP contribution is -2.08. The van der Waals surface area contributed by atoms with Crippen molar-refractivity contribution in [2.24, 2.45) is 0 Å². The molecule has 0 atom stereocenters. The summed E-state index contributed by atoms with van der Waals surface area (Å²) in [4.78, 5) is 16.0. The Morgan fingerprint density at radius 1 is 0.315 bits per heavy atom. The van der Waals surface area contributed by atoms with Gasteiger partial charge in [-0.05, 0) is 64.4 Å². The molecule has 0 aliphatic heterocycles. The van der Waals surface area contributed by atoms with Crippen LogP contribution in [0.3, 0.4) is 0 Å². The van der Waals surface area contributed by atoms with Crippen molar-refractivity contribution in [2.45, 2.75) is 0 Å². The van der Waals surface area contributed by atoms with E-state index in [9.17, 15) is 0 Å². The first-order valence-corrected chi connectivity index (χ1v) is 18.2. The molecule has 0 unspecified atom stereocenters. The highest BCUT2D eigenvalue weighted by atomic mass is 15.2. The first kappa shape index (κ1) is 30.3. The summed E-state index contributed by atoms with van der Waals surface area (Å²) in [5, 5.41) is 6.92. The smallest absolute Gasteiger partial charge is 0.238 e. The lowest BCUT2D eigenvalue weighted by Gasteiger charge is -2.15. The maximum Gasteiger partial charge on any atom is 0.238 e. The predicted molar refractivity (Wildman–Crippen MR) is 222 cm³/mol. The van der Waals surface area contributed by atoms with E-state index in [1.165, 1.54) is 21.9 Å². The Morgan fingerprint density at radius 2 is 0.833 bits per heavy atom. The number of rotatable bonds is 5. The maximum atomic E-state index is 5.39. The van der Waals surface area contributed by atoms with Crippen LogP contribution >= 0.6 is 0 Å². The quantitative estimate of drug-likeness (QED) is 0.181. The third kappa shape index (κ3) is 4.69. The van der Waals surface area contributed by atoms with Crippen molar-refractivity contribution < 1.29 is 0 Å². The number of para-hydroxylation sites is 4. The fraction of sp³-hybridized carbons (Fsp3) is 0. The number of benzene rings is 8. The van der Waals surface area contributed by atoms with E-state index in [0.717, 1.165) is 60.4 Å². The fourth-order valence-corrected chi connectivity index (χ4v) is 8.16. The second-order valence-corrected chi connectivity index (χ2v) is 13.6. The standard InChI is InChI=1S/C49H31N5/c1-2-15-32(16-3-1)34-29-30-46-41(31-34)38-22-8-12-27-44(38)54(46)49-51-47(39-24-14-18-33-17-4-5-19-35(33)39)50-48(52-49)40-23-9-13-28-45(40)53-42-25-10-6-20-36(42)37-21-7-11-26-43(37)53/h1-31H. The highest BCUT2D eigenvalue weighted by Crippen LogP contribution is 2.38. The zero-order valence-electron chi connectivity index (χ0n) is 29.1. The average molecular weight is 690 g/mol. The van der Waals surface area contributed by atoms with E-state index in [1.54, 1.807) is 0 Å². The molecule has 0 saturated heterocycles. The molecule has 5 heteroatoms. The summed E-state index contributed by atoms with van der Waals surface area (Å²) in [6.45, 7) is 0. The van der Waals surface area contributed by atoms with E-state index in [-0.39, 0.29) is 0 Å². The molecule has 3 heterocycles. The Labute approximate surface area is 311 Å². The van der Waals surface area contributed by atoms with Gasteiger partial charge in [0.2, 0.25) is 5.95 Å². The summed E-state index contributed by atoms with van der Waals surface area (Å²) in [5.41, 5.74) is 9.56. The molecule has 252 valence electrons. The maximum absolute atomic E-state index is 5.39. The summed E-state index contributed by atoms with van der Waals surface area (Å²) in [7, 11) is 0. The summed E-state index contributed by atoms with van der Waals surface area (Å²) >= 11 is 0. The molecule has 5 nitrogen and oxygen atoms in total. The zero-order valence-corrected chi connectivity index (χ0v) is 29.1. The second-order valence-electron chi connectivity index (χ2n) is 13.6. The normalized spacial score (nSPS) is 11.7. The number of hydrogen-bond donors (Lipinski definition) is 0. The third-order valence-electron chi connectivity index (χ3n) is 10.6. The van der Waals surface area contributed by atoms with Crippen LogP contribution in [0.2, 0.25) is 0 Å². The Balaban J connectivity index is 1.21. The van der Waals surface area contributed by atoms with E-state index in [0.29, 0.717) is 17.6 Å². The minimum atomic E-state index is 0.568. The minimum Gasteiger partial charge on any atom is -0.309 e. The molecule has 8 aromatic carbocycles. The van der Waals surface area contributed by atoms with Crippen LogP contribution in [0.1, 0.15) is 0 Å². The van der Waals surface area contributed by atoms with Crippen LogP contribution in [0.4, 0.5) is 0 Å². The number of fused-ring (bicyclic) bond motifs is 7. The molecule has 3 aromatic heterocycles.